The molecular weight excluding hydrogens is 340 g/mol. The summed E-state index contributed by atoms with van der Waals surface area (Å²) in [5.74, 6) is -0.0236. The molecule has 0 aromatic heterocycles. The Morgan fingerprint density at radius 1 is 1.40 bits per heavy atom. The van der Waals surface area contributed by atoms with Crippen LogP contribution in [0, 0.1) is 0 Å². The van der Waals surface area contributed by atoms with E-state index >= 15 is 0 Å². The number of hydrogen-bond acceptors (Lipinski definition) is 2. The van der Waals surface area contributed by atoms with E-state index in [0.717, 1.165) is 36.6 Å². The standard InChI is InChI=1S/C15H21BrN2O.ClH/c1-2-4-13(17)14(19)18-15(9-3-10-15)11-5-7-12(16)8-6-11;/h5-8,13H,2-4,9-10,17H2,1H3,(H,18,19);1H. The van der Waals surface area contributed by atoms with Gasteiger partial charge in [-0.05, 0) is 43.4 Å². The fraction of sp³-hybridized carbons (Fsp3) is 0.533. The molecule has 20 heavy (non-hydrogen) atoms. The summed E-state index contributed by atoms with van der Waals surface area (Å²) in [5.41, 5.74) is 6.88. The van der Waals surface area contributed by atoms with Crippen LogP contribution in [0.15, 0.2) is 28.7 Å². The van der Waals surface area contributed by atoms with Crippen LogP contribution in [0.4, 0.5) is 0 Å². The fourth-order valence-electron chi connectivity index (χ4n) is 2.56. The van der Waals surface area contributed by atoms with Gasteiger partial charge >= 0.3 is 0 Å². The van der Waals surface area contributed by atoms with Gasteiger partial charge in [-0.25, -0.2) is 0 Å². The third kappa shape index (κ3) is 3.74. The van der Waals surface area contributed by atoms with Crippen molar-refractivity contribution >= 4 is 34.2 Å². The van der Waals surface area contributed by atoms with Gasteiger partial charge in [-0.3, -0.25) is 4.79 Å². The number of halogens is 2. The smallest absolute Gasteiger partial charge is 0.237 e. The number of amides is 1. The van der Waals surface area contributed by atoms with Crippen LogP contribution in [0.5, 0.6) is 0 Å². The summed E-state index contributed by atoms with van der Waals surface area (Å²) in [5, 5.41) is 3.17. The minimum Gasteiger partial charge on any atom is -0.345 e. The number of hydrogen-bond donors (Lipinski definition) is 2. The van der Waals surface area contributed by atoms with E-state index in [-0.39, 0.29) is 23.9 Å². The number of rotatable bonds is 5. The van der Waals surface area contributed by atoms with Crippen molar-refractivity contribution in [2.75, 3.05) is 0 Å². The number of benzene rings is 1. The number of nitrogens with two attached hydrogens (primary N) is 1. The summed E-state index contributed by atoms with van der Waals surface area (Å²) >= 11 is 3.44. The maximum atomic E-state index is 12.1. The van der Waals surface area contributed by atoms with E-state index in [1.54, 1.807) is 0 Å². The lowest BCUT2D eigenvalue weighted by atomic mass is 9.71. The molecule has 112 valence electrons. The molecule has 1 unspecified atom stereocenters. The molecule has 1 fully saturated rings. The summed E-state index contributed by atoms with van der Waals surface area (Å²) in [7, 11) is 0. The Balaban J connectivity index is 0.00000200. The molecule has 1 atom stereocenters. The maximum Gasteiger partial charge on any atom is 0.237 e. The summed E-state index contributed by atoms with van der Waals surface area (Å²) < 4.78 is 1.06. The third-order valence-corrected chi connectivity index (χ3v) is 4.43. The first-order valence-electron chi connectivity index (χ1n) is 6.91. The van der Waals surface area contributed by atoms with Crippen LogP contribution in [0.3, 0.4) is 0 Å². The molecule has 0 heterocycles. The molecule has 1 aromatic rings. The van der Waals surface area contributed by atoms with Crippen LogP contribution in [-0.4, -0.2) is 11.9 Å². The first kappa shape index (κ1) is 17.5. The van der Waals surface area contributed by atoms with Crippen LogP contribution in [-0.2, 0) is 10.3 Å². The SMILES string of the molecule is CCCC(N)C(=O)NC1(c2ccc(Br)cc2)CCC1.Cl. The number of nitrogens with one attached hydrogen (secondary N) is 1. The van der Waals surface area contributed by atoms with E-state index in [1.807, 2.05) is 19.1 Å². The Labute approximate surface area is 135 Å². The molecule has 3 nitrogen and oxygen atoms in total. The van der Waals surface area contributed by atoms with Gasteiger partial charge in [-0.15, -0.1) is 12.4 Å². The van der Waals surface area contributed by atoms with Crippen molar-refractivity contribution in [3.05, 3.63) is 34.3 Å². The van der Waals surface area contributed by atoms with E-state index in [2.05, 4.69) is 33.4 Å². The van der Waals surface area contributed by atoms with Crippen molar-refractivity contribution in [3.63, 3.8) is 0 Å². The minimum absolute atomic E-state index is 0. The molecule has 1 amide bonds. The molecule has 0 spiro atoms. The maximum absolute atomic E-state index is 12.1. The summed E-state index contributed by atoms with van der Waals surface area (Å²) in [4.78, 5) is 12.1. The molecule has 1 aliphatic rings. The zero-order chi connectivity index (χ0) is 13.9. The molecule has 1 saturated carbocycles. The molecule has 1 aromatic carbocycles. The monoisotopic (exact) mass is 360 g/mol. The van der Waals surface area contributed by atoms with Gasteiger partial charge in [0.05, 0.1) is 11.6 Å². The van der Waals surface area contributed by atoms with Gasteiger partial charge in [0.15, 0.2) is 0 Å². The van der Waals surface area contributed by atoms with Crippen LogP contribution >= 0.6 is 28.3 Å². The zero-order valence-electron chi connectivity index (χ0n) is 11.7. The van der Waals surface area contributed by atoms with Gasteiger partial charge in [0.25, 0.3) is 0 Å². The molecule has 5 heteroatoms. The number of carbonyl (C=O) groups excluding carboxylic acids is 1. The van der Waals surface area contributed by atoms with Gasteiger partial charge in [0.1, 0.15) is 0 Å². The Bertz CT molecular complexity index is 446. The molecule has 2 rings (SSSR count). The van der Waals surface area contributed by atoms with Crippen LogP contribution < -0.4 is 11.1 Å². The summed E-state index contributed by atoms with van der Waals surface area (Å²) in [6.45, 7) is 2.04. The van der Waals surface area contributed by atoms with Crippen molar-refractivity contribution in [2.45, 2.75) is 50.6 Å². The first-order valence-corrected chi connectivity index (χ1v) is 7.70. The normalized spacial score (nSPS) is 17.6. The predicted molar refractivity (Wildman–Crippen MR) is 87.9 cm³/mol. The highest BCUT2D eigenvalue weighted by atomic mass is 79.9. The van der Waals surface area contributed by atoms with Crippen LogP contribution in [0.1, 0.15) is 44.6 Å². The molecule has 0 bridgehead atoms. The van der Waals surface area contributed by atoms with Gasteiger partial charge < -0.3 is 11.1 Å². The lowest BCUT2D eigenvalue weighted by Crippen LogP contribution is -2.55. The third-order valence-electron chi connectivity index (χ3n) is 3.90. The highest BCUT2D eigenvalue weighted by Crippen LogP contribution is 2.41. The summed E-state index contributed by atoms with van der Waals surface area (Å²) in [6, 6.07) is 7.81. The van der Waals surface area contributed by atoms with E-state index in [4.69, 9.17) is 5.73 Å². The van der Waals surface area contributed by atoms with Crippen LogP contribution in [0.2, 0.25) is 0 Å². The largest absolute Gasteiger partial charge is 0.345 e. The first-order chi connectivity index (χ1) is 9.07. The Morgan fingerprint density at radius 2 is 2.00 bits per heavy atom. The van der Waals surface area contributed by atoms with Crippen LogP contribution in [0.25, 0.3) is 0 Å². The molecule has 0 aliphatic heterocycles. The van der Waals surface area contributed by atoms with Crippen molar-refractivity contribution in [2.24, 2.45) is 5.73 Å². The Morgan fingerprint density at radius 3 is 2.45 bits per heavy atom. The van der Waals surface area contributed by atoms with Crippen molar-refractivity contribution in [3.8, 4) is 0 Å². The Kier molecular flexibility index (Phi) is 6.49. The van der Waals surface area contributed by atoms with Gasteiger partial charge in [0, 0.05) is 4.47 Å². The second-order valence-corrected chi connectivity index (χ2v) is 6.24. The lowest BCUT2D eigenvalue weighted by molar-refractivity contribution is -0.125. The Hall–Kier alpha value is -0.580. The van der Waals surface area contributed by atoms with E-state index < -0.39 is 6.04 Å². The highest BCUT2D eigenvalue weighted by Gasteiger charge is 2.40. The van der Waals surface area contributed by atoms with E-state index in [0.29, 0.717) is 0 Å². The molecule has 3 N–H and O–H groups in total. The van der Waals surface area contributed by atoms with Gasteiger partial charge in [0.2, 0.25) is 5.91 Å². The van der Waals surface area contributed by atoms with Gasteiger partial charge in [-0.1, -0.05) is 41.4 Å². The van der Waals surface area contributed by atoms with Crippen molar-refractivity contribution in [1.82, 2.24) is 5.32 Å². The average Bonchev–Trinajstić information content (AvgIpc) is 2.35. The lowest BCUT2D eigenvalue weighted by Gasteiger charge is -2.43. The fourth-order valence-corrected chi connectivity index (χ4v) is 2.82. The average molecular weight is 362 g/mol. The zero-order valence-corrected chi connectivity index (χ0v) is 14.1. The summed E-state index contributed by atoms with van der Waals surface area (Å²) in [6.07, 6.45) is 4.82. The molecule has 0 saturated heterocycles. The number of carbonyl (C=O) groups is 1. The second kappa shape index (κ2) is 7.43. The van der Waals surface area contributed by atoms with E-state index in [1.165, 1.54) is 5.56 Å². The van der Waals surface area contributed by atoms with Crippen molar-refractivity contribution in [1.29, 1.82) is 0 Å². The predicted octanol–water partition coefficient (Wildman–Crippen LogP) is 3.49. The van der Waals surface area contributed by atoms with Gasteiger partial charge in [-0.2, -0.15) is 0 Å². The molecular formula is C15H22BrClN2O. The minimum atomic E-state index is -0.391. The van der Waals surface area contributed by atoms with Crippen molar-refractivity contribution < 1.29 is 4.79 Å². The molecule has 0 radical (unpaired) electrons. The second-order valence-electron chi connectivity index (χ2n) is 5.33. The van der Waals surface area contributed by atoms with E-state index in [9.17, 15) is 4.79 Å². The topological polar surface area (TPSA) is 55.1 Å². The molecule has 1 aliphatic carbocycles. The highest BCUT2D eigenvalue weighted by molar-refractivity contribution is 9.10. The quantitative estimate of drug-likeness (QED) is 0.843.